The van der Waals surface area contributed by atoms with Crippen LogP contribution in [0.3, 0.4) is 0 Å². The lowest BCUT2D eigenvalue weighted by Gasteiger charge is -2.24. The fraction of sp³-hybridized carbons (Fsp3) is 0.533. The van der Waals surface area contributed by atoms with Crippen LogP contribution < -0.4 is 11.1 Å². The van der Waals surface area contributed by atoms with Gasteiger partial charge in [-0.15, -0.1) is 0 Å². The second-order valence-electron chi connectivity index (χ2n) is 6.15. The van der Waals surface area contributed by atoms with Crippen LogP contribution in [-0.2, 0) is 4.79 Å². The maximum Gasteiger partial charge on any atom is 0.228 e. The molecule has 1 amide bonds. The molecule has 106 valence electrons. The number of aryl methyl sites for hydroxylation is 1. The normalized spacial score (nSPS) is 13.2. The third-order valence-corrected chi connectivity index (χ3v) is 4.12. The standard InChI is InChI=1S/C15H23IN2O/c1-10-5-6-12(7-13(10)16)18-14(19)11(9-17)8-15(2,3)4/h5-7,11H,8-9,17H2,1-4H3,(H,18,19). The van der Waals surface area contributed by atoms with E-state index in [2.05, 4.69) is 55.6 Å². The van der Waals surface area contributed by atoms with Crippen molar-refractivity contribution in [3.8, 4) is 0 Å². The Morgan fingerprint density at radius 1 is 1.42 bits per heavy atom. The Bertz CT molecular complexity index is 452. The Balaban J connectivity index is 2.74. The first-order valence-corrected chi connectivity index (χ1v) is 7.58. The summed E-state index contributed by atoms with van der Waals surface area (Å²) in [5.41, 5.74) is 7.88. The van der Waals surface area contributed by atoms with Gasteiger partial charge in [-0.2, -0.15) is 0 Å². The van der Waals surface area contributed by atoms with Gasteiger partial charge in [-0.05, 0) is 59.0 Å². The summed E-state index contributed by atoms with van der Waals surface area (Å²) < 4.78 is 1.15. The number of carbonyl (C=O) groups excluding carboxylic acids is 1. The molecule has 0 saturated heterocycles. The van der Waals surface area contributed by atoms with E-state index in [9.17, 15) is 4.79 Å². The summed E-state index contributed by atoms with van der Waals surface area (Å²) in [6, 6.07) is 5.93. The van der Waals surface area contributed by atoms with Gasteiger partial charge in [-0.3, -0.25) is 4.79 Å². The van der Waals surface area contributed by atoms with E-state index in [1.165, 1.54) is 5.56 Å². The van der Waals surface area contributed by atoms with Crippen molar-refractivity contribution in [3.63, 3.8) is 0 Å². The van der Waals surface area contributed by atoms with Gasteiger partial charge < -0.3 is 11.1 Å². The van der Waals surface area contributed by atoms with Gasteiger partial charge >= 0.3 is 0 Å². The molecule has 19 heavy (non-hydrogen) atoms. The number of benzene rings is 1. The highest BCUT2D eigenvalue weighted by molar-refractivity contribution is 14.1. The van der Waals surface area contributed by atoms with Crippen LogP contribution >= 0.6 is 22.6 Å². The Morgan fingerprint density at radius 3 is 2.53 bits per heavy atom. The Morgan fingerprint density at radius 2 is 2.05 bits per heavy atom. The number of hydrogen-bond donors (Lipinski definition) is 2. The van der Waals surface area contributed by atoms with E-state index < -0.39 is 0 Å². The van der Waals surface area contributed by atoms with Gasteiger partial charge in [0.15, 0.2) is 0 Å². The second-order valence-corrected chi connectivity index (χ2v) is 7.31. The molecule has 0 radical (unpaired) electrons. The SMILES string of the molecule is Cc1ccc(NC(=O)C(CN)CC(C)(C)C)cc1I. The monoisotopic (exact) mass is 374 g/mol. The van der Waals surface area contributed by atoms with Crippen LogP contribution in [0.2, 0.25) is 0 Å². The van der Waals surface area contributed by atoms with Crippen molar-refractivity contribution in [1.82, 2.24) is 0 Å². The smallest absolute Gasteiger partial charge is 0.228 e. The maximum absolute atomic E-state index is 12.2. The predicted octanol–water partition coefficient (Wildman–Crippen LogP) is 3.55. The van der Waals surface area contributed by atoms with Crippen molar-refractivity contribution in [3.05, 3.63) is 27.3 Å². The number of halogens is 1. The van der Waals surface area contributed by atoms with Gasteiger partial charge in [0, 0.05) is 15.8 Å². The van der Waals surface area contributed by atoms with E-state index in [-0.39, 0.29) is 17.2 Å². The van der Waals surface area contributed by atoms with Gasteiger partial charge in [0.05, 0.1) is 5.92 Å². The Labute approximate surface area is 129 Å². The number of amides is 1. The van der Waals surface area contributed by atoms with Crippen LogP contribution in [-0.4, -0.2) is 12.5 Å². The molecular weight excluding hydrogens is 351 g/mol. The number of carbonyl (C=O) groups is 1. The summed E-state index contributed by atoms with van der Waals surface area (Å²) in [5, 5.41) is 2.96. The highest BCUT2D eigenvalue weighted by Crippen LogP contribution is 2.25. The molecule has 0 aliphatic rings. The fourth-order valence-corrected chi connectivity index (χ4v) is 2.45. The molecule has 1 rings (SSSR count). The van der Waals surface area contributed by atoms with Gasteiger partial charge in [0.25, 0.3) is 0 Å². The average Bonchev–Trinajstić information content (AvgIpc) is 2.29. The molecule has 0 heterocycles. The number of anilines is 1. The van der Waals surface area contributed by atoms with Crippen molar-refractivity contribution >= 4 is 34.2 Å². The predicted molar refractivity (Wildman–Crippen MR) is 89.1 cm³/mol. The highest BCUT2D eigenvalue weighted by Gasteiger charge is 2.23. The maximum atomic E-state index is 12.2. The summed E-state index contributed by atoms with van der Waals surface area (Å²) in [6.07, 6.45) is 0.790. The number of nitrogens with two attached hydrogens (primary N) is 1. The van der Waals surface area contributed by atoms with Crippen LogP contribution in [0.4, 0.5) is 5.69 Å². The first kappa shape index (κ1) is 16.4. The third kappa shape index (κ3) is 5.48. The van der Waals surface area contributed by atoms with Crippen molar-refractivity contribution in [1.29, 1.82) is 0 Å². The summed E-state index contributed by atoms with van der Waals surface area (Å²) in [7, 11) is 0. The minimum absolute atomic E-state index is 0.0112. The molecule has 0 spiro atoms. The minimum atomic E-state index is -0.140. The van der Waals surface area contributed by atoms with Gasteiger partial charge in [0.1, 0.15) is 0 Å². The molecule has 1 aromatic rings. The zero-order valence-corrected chi connectivity index (χ0v) is 14.2. The molecule has 0 bridgehead atoms. The van der Waals surface area contributed by atoms with E-state index in [4.69, 9.17) is 5.73 Å². The van der Waals surface area contributed by atoms with Gasteiger partial charge in [-0.25, -0.2) is 0 Å². The molecule has 4 heteroatoms. The van der Waals surface area contributed by atoms with E-state index >= 15 is 0 Å². The van der Waals surface area contributed by atoms with Crippen LogP contribution in [0.5, 0.6) is 0 Å². The van der Waals surface area contributed by atoms with E-state index in [1.807, 2.05) is 18.2 Å². The molecule has 0 aliphatic heterocycles. The molecule has 0 aliphatic carbocycles. The van der Waals surface area contributed by atoms with Crippen LogP contribution in [0.1, 0.15) is 32.8 Å². The van der Waals surface area contributed by atoms with Crippen LogP contribution in [0, 0.1) is 21.8 Å². The summed E-state index contributed by atoms with van der Waals surface area (Å²) in [6.45, 7) is 8.80. The Kier molecular flexibility index (Phi) is 5.80. The third-order valence-electron chi connectivity index (χ3n) is 2.95. The van der Waals surface area contributed by atoms with Crippen molar-refractivity contribution < 1.29 is 4.79 Å². The lowest BCUT2D eigenvalue weighted by atomic mass is 9.84. The molecule has 1 atom stereocenters. The number of nitrogens with one attached hydrogen (secondary N) is 1. The molecule has 0 aromatic heterocycles. The zero-order valence-electron chi connectivity index (χ0n) is 12.1. The molecule has 1 unspecified atom stereocenters. The van der Waals surface area contributed by atoms with Gasteiger partial charge in [-0.1, -0.05) is 26.8 Å². The largest absolute Gasteiger partial charge is 0.330 e. The zero-order chi connectivity index (χ0) is 14.6. The topological polar surface area (TPSA) is 55.1 Å². The molecule has 1 aromatic carbocycles. The highest BCUT2D eigenvalue weighted by atomic mass is 127. The molecule has 3 N–H and O–H groups in total. The lowest BCUT2D eigenvalue weighted by Crippen LogP contribution is -2.32. The average molecular weight is 374 g/mol. The summed E-state index contributed by atoms with van der Waals surface area (Å²) >= 11 is 2.27. The molecular formula is C15H23IN2O. The van der Waals surface area contributed by atoms with E-state index in [0.717, 1.165) is 15.7 Å². The quantitative estimate of drug-likeness (QED) is 0.792. The summed E-state index contributed by atoms with van der Waals surface area (Å²) in [5.74, 6) is -0.129. The minimum Gasteiger partial charge on any atom is -0.330 e. The van der Waals surface area contributed by atoms with Crippen LogP contribution in [0.15, 0.2) is 18.2 Å². The number of hydrogen-bond acceptors (Lipinski definition) is 2. The van der Waals surface area contributed by atoms with E-state index in [1.54, 1.807) is 0 Å². The Hall–Kier alpha value is -0.620. The second kappa shape index (κ2) is 6.70. The van der Waals surface area contributed by atoms with Crippen molar-refractivity contribution in [2.45, 2.75) is 34.1 Å². The van der Waals surface area contributed by atoms with Crippen LogP contribution in [0.25, 0.3) is 0 Å². The lowest BCUT2D eigenvalue weighted by molar-refractivity contribution is -0.120. The molecule has 0 fully saturated rings. The van der Waals surface area contributed by atoms with E-state index in [0.29, 0.717) is 6.54 Å². The first-order valence-electron chi connectivity index (χ1n) is 6.50. The first-order chi connectivity index (χ1) is 8.73. The molecule has 0 saturated carbocycles. The number of rotatable bonds is 4. The fourth-order valence-electron chi connectivity index (χ4n) is 1.94. The molecule has 3 nitrogen and oxygen atoms in total. The van der Waals surface area contributed by atoms with Gasteiger partial charge in [0.2, 0.25) is 5.91 Å². The van der Waals surface area contributed by atoms with Crippen molar-refractivity contribution in [2.24, 2.45) is 17.1 Å². The van der Waals surface area contributed by atoms with Crippen molar-refractivity contribution in [2.75, 3.05) is 11.9 Å². The summed E-state index contributed by atoms with van der Waals surface area (Å²) in [4.78, 5) is 12.2.